The molecule has 134 valence electrons. The smallest absolute Gasteiger partial charge is 0.261 e. The topological polar surface area (TPSA) is 51.2 Å². The first-order chi connectivity index (χ1) is 13.1. The highest BCUT2D eigenvalue weighted by molar-refractivity contribution is 7.22. The molecule has 4 aromatic rings. The number of benzene rings is 3. The van der Waals surface area contributed by atoms with Crippen molar-refractivity contribution in [2.45, 2.75) is 6.92 Å². The van der Waals surface area contributed by atoms with Gasteiger partial charge in [-0.1, -0.05) is 53.3 Å². The summed E-state index contributed by atoms with van der Waals surface area (Å²) in [4.78, 5) is 17.3. The Morgan fingerprint density at radius 3 is 2.63 bits per heavy atom. The number of rotatable bonds is 4. The van der Waals surface area contributed by atoms with Gasteiger partial charge in [0.15, 0.2) is 5.13 Å². The molecule has 27 heavy (non-hydrogen) atoms. The summed E-state index contributed by atoms with van der Waals surface area (Å²) in [6.45, 7) is 1.95. The summed E-state index contributed by atoms with van der Waals surface area (Å²) in [5.41, 5.74) is 2.26. The van der Waals surface area contributed by atoms with Crippen molar-refractivity contribution in [3.63, 3.8) is 0 Å². The maximum atomic E-state index is 12.8. The van der Waals surface area contributed by atoms with Crippen molar-refractivity contribution in [2.24, 2.45) is 0 Å². The van der Waals surface area contributed by atoms with Gasteiger partial charge in [0.25, 0.3) is 5.91 Å². The number of hydrogen-bond donors (Lipinski definition) is 1. The van der Waals surface area contributed by atoms with Crippen molar-refractivity contribution in [1.82, 2.24) is 4.98 Å². The number of para-hydroxylation sites is 2. The fourth-order valence-corrected chi connectivity index (χ4v) is 4.05. The SMILES string of the molecule is Cc1cc(Cl)cc2sc(NC(=O)c3ccccc3Oc3ccccc3)nc12. The molecule has 1 amide bonds. The summed E-state index contributed by atoms with van der Waals surface area (Å²) >= 11 is 7.50. The van der Waals surface area contributed by atoms with Gasteiger partial charge >= 0.3 is 0 Å². The molecule has 4 rings (SSSR count). The molecule has 1 heterocycles. The zero-order chi connectivity index (χ0) is 18.8. The van der Waals surface area contributed by atoms with E-state index in [4.69, 9.17) is 16.3 Å². The van der Waals surface area contributed by atoms with Crippen LogP contribution in [0.2, 0.25) is 5.02 Å². The average Bonchev–Trinajstić information content (AvgIpc) is 3.05. The highest BCUT2D eigenvalue weighted by Gasteiger charge is 2.16. The normalized spacial score (nSPS) is 10.7. The van der Waals surface area contributed by atoms with E-state index in [1.807, 2.05) is 55.5 Å². The number of aromatic nitrogens is 1. The number of anilines is 1. The summed E-state index contributed by atoms with van der Waals surface area (Å²) in [6.07, 6.45) is 0. The molecule has 0 aliphatic rings. The van der Waals surface area contributed by atoms with E-state index in [9.17, 15) is 4.79 Å². The minimum atomic E-state index is -0.274. The number of halogens is 1. The van der Waals surface area contributed by atoms with Gasteiger partial charge in [-0.05, 0) is 48.9 Å². The Morgan fingerprint density at radius 2 is 1.81 bits per heavy atom. The van der Waals surface area contributed by atoms with Gasteiger partial charge in [-0.3, -0.25) is 10.1 Å². The number of nitrogens with zero attached hydrogens (tertiary/aromatic N) is 1. The van der Waals surface area contributed by atoms with E-state index in [1.54, 1.807) is 18.2 Å². The third-order valence-electron chi connectivity index (χ3n) is 3.97. The third-order valence-corrected chi connectivity index (χ3v) is 5.11. The minimum Gasteiger partial charge on any atom is -0.457 e. The number of fused-ring (bicyclic) bond motifs is 1. The van der Waals surface area contributed by atoms with E-state index >= 15 is 0 Å². The van der Waals surface area contributed by atoms with E-state index in [-0.39, 0.29) is 5.91 Å². The Labute approximate surface area is 165 Å². The largest absolute Gasteiger partial charge is 0.457 e. The van der Waals surface area contributed by atoms with Gasteiger partial charge in [-0.15, -0.1) is 0 Å². The van der Waals surface area contributed by atoms with Crippen LogP contribution in [0.25, 0.3) is 10.2 Å². The van der Waals surface area contributed by atoms with Gasteiger partial charge in [-0.2, -0.15) is 0 Å². The van der Waals surface area contributed by atoms with Gasteiger partial charge in [0.1, 0.15) is 11.5 Å². The van der Waals surface area contributed by atoms with Crippen LogP contribution in [0.3, 0.4) is 0 Å². The predicted octanol–water partition coefficient (Wildman–Crippen LogP) is 6.30. The third kappa shape index (κ3) is 3.79. The molecule has 0 aliphatic carbocycles. The van der Waals surface area contributed by atoms with Gasteiger partial charge in [0.2, 0.25) is 0 Å². The second-order valence-electron chi connectivity index (χ2n) is 5.95. The number of carbonyl (C=O) groups excluding carboxylic acids is 1. The first-order valence-corrected chi connectivity index (χ1v) is 9.49. The van der Waals surface area contributed by atoms with E-state index in [1.165, 1.54) is 11.3 Å². The van der Waals surface area contributed by atoms with Crippen molar-refractivity contribution in [3.8, 4) is 11.5 Å². The van der Waals surface area contributed by atoms with Crippen molar-refractivity contribution < 1.29 is 9.53 Å². The fourth-order valence-electron chi connectivity index (χ4n) is 2.73. The van der Waals surface area contributed by atoms with E-state index < -0.39 is 0 Å². The van der Waals surface area contributed by atoms with Crippen LogP contribution < -0.4 is 10.1 Å². The lowest BCUT2D eigenvalue weighted by molar-refractivity contribution is 0.102. The molecule has 0 saturated carbocycles. The summed E-state index contributed by atoms with van der Waals surface area (Å²) in [7, 11) is 0. The highest BCUT2D eigenvalue weighted by Crippen LogP contribution is 2.32. The van der Waals surface area contributed by atoms with Crippen molar-refractivity contribution in [1.29, 1.82) is 0 Å². The molecule has 6 heteroatoms. The molecule has 4 nitrogen and oxygen atoms in total. The molecule has 1 N–H and O–H groups in total. The van der Waals surface area contributed by atoms with E-state index in [0.717, 1.165) is 15.8 Å². The Hall–Kier alpha value is -2.89. The second-order valence-corrected chi connectivity index (χ2v) is 7.42. The Kier molecular flexibility index (Phi) is 4.79. The number of hydrogen-bond acceptors (Lipinski definition) is 4. The second kappa shape index (κ2) is 7.39. The number of thiazole rings is 1. The molecule has 0 fully saturated rings. The van der Waals surface area contributed by atoms with Crippen LogP contribution in [0.15, 0.2) is 66.7 Å². The predicted molar refractivity (Wildman–Crippen MR) is 110 cm³/mol. The summed E-state index contributed by atoms with van der Waals surface area (Å²) in [5, 5.41) is 4.04. The molecule has 3 aromatic carbocycles. The van der Waals surface area contributed by atoms with Crippen LogP contribution in [0.5, 0.6) is 11.5 Å². The zero-order valence-corrected chi connectivity index (χ0v) is 16.0. The van der Waals surface area contributed by atoms with Gasteiger partial charge < -0.3 is 4.74 Å². The maximum Gasteiger partial charge on any atom is 0.261 e. The van der Waals surface area contributed by atoms with Crippen molar-refractivity contribution >= 4 is 44.2 Å². The van der Waals surface area contributed by atoms with Crippen LogP contribution in [0.4, 0.5) is 5.13 Å². The molecule has 0 atom stereocenters. The Bertz CT molecular complexity index is 1130. The quantitative estimate of drug-likeness (QED) is 0.441. The lowest BCUT2D eigenvalue weighted by Gasteiger charge is -2.10. The van der Waals surface area contributed by atoms with Gasteiger partial charge in [0.05, 0.1) is 15.8 Å². The van der Waals surface area contributed by atoms with Crippen LogP contribution in [0, 0.1) is 6.92 Å². The monoisotopic (exact) mass is 394 g/mol. The van der Waals surface area contributed by atoms with Crippen LogP contribution >= 0.6 is 22.9 Å². The van der Waals surface area contributed by atoms with Crippen molar-refractivity contribution in [3.05, 3.63) is 82.9 Å². The number of ether oxygens (including phenoxy) is 1. The molecule has 0 aliphatic heterocycles. The first-order valence-electron chi connectivity index (χ1n) is 8.30. The lowest BCUT2D eigenvalue weighted by Crippen LogP contribution is -2.12. The van der Waals surface area contributed by atoms with Gasteiger partial charge in [-0.25, -0.2) is 4.98 Å². The van der Waals surface area contributed by atoms with Crippen molar-refractivity contribution in [2.75, 3.05) is 5.32 Å². The van der Waals surface area contributed by atoms with E-state index in [0.29, 0.717) is 27.2 Å². The fraction of sp³-hybridized carbons (Fsp3) is 0.0476. The van der Waals surface area contributed by atoms with Crippen LogP contribution in [0.1, 0.15) is 15.9 Å². The van der Waals surface area contributed by atoms with Crippen LogP contribution in [-0.2, 0) is 0 Å². The molecular formula is C21H15ClN2O2S. The summed E-state index contributed by atoms with van der Waals surface area (Å²) in [6, 6.07) is 20.2. The minimum absolute atomic E-state index is 0.274. The molecular weight excluding hydrogens is 380 g/mol. The summed E-state index contributed by atoms with van der Waals surface area (Å²) < 4.78 is 6.80. The number of carbonyl (C=O) groups is 1. The Morgan fingerprint density at radius 1 is 1.07 bits per heavy atom. The molecule has 0 radical (unpaired) electrons. The lowest BCUT2D eigenvalue weighted by atomic mass is 10.2. The first kappa shape index (κ1) is 17.5. The maximum absolute atomic E-state index is 12.8. The van der Waals surface area contributed by atoms with E-state index in [2.05, 4.69) is 10.3 Å². The summed E-state index contributed by atoms with van der Waals surface area (Å²) in [5.74, 6) is 0.883. The van der Waals surface area contributed by atoms with Crippen LogP contribution in [-0.4, -0.2) is 10.9 Å². The molecule has 0 spiro atoms. The molecule has 1 aromatic heterocycles. The van der Waals surface area contributed by atoms with Gasteiger partial charge in [0, 0.05) is 5.02 Å². The average molecular weight is 395 g/mol. The number of amides is 1. The molecule has 0 saturated heterocycles. The molecule has 0 unspecified atom stereocenters. The number of nitrogens with one attached hydrogen (secondary N) is 1. The highest BCUT2D eigenvalue weighted by atomic mass is 35.5. The molecule has 0 bridgehead atoms. The standard InChI is InChI=1S/C21H15ClN2O2S/c1-13-11-14(22)12-18-19(13)23-21(27-18)24-20(25)16-9-5-6-10-17(16)26-15-7-3-2-4-8-15/h2-12H,1H3,(H,23,24,25). The number of aryl methyl sites for hydroxylation is 1. The zero-order valence-electron chi connectivity index (χ0n) is 14.4. The Balaban J connectivity index is 1.61.